The van der Waals surface area contributed by atoms with E-state index in [2.05, 4.69) is 48.5 Å². The van der Waals surface area contributed by atoms with Gasteiger partial charge in [-0.3, -0.25) is 0 Å². The quantitative estimate of drug-likeness (QED) is 0.605. The van der Waals surface area contributed by atoms with E-state index in [1.165, 1.54) is 19.3 Å². The SMILES string of the molecule is C[C@H]1C(C)(C)[C@H]2[C@H]3OC(C)(C)C[C@@H]3CC[C@H]2C1(C)C. The Labute approximate surface area is 119 Å². The van der Waals surface area contributed by atoms with Crippen molar-refractivity contribution >= 4 is 0 Å². The molecule has 1 heterocycles. The molecule has 3 rings (SSSR count). The molecule has 2 saturated carbocycles. The maximum absolute atomic E-state index is 6.54. The number of rotatable bonds is 0. The van der Waals surface area contributed by atoms with Crippen molar-refractivity contribution in [3.63, 3.8) is 0 Å². The minimum Gasteiger partial charge on any atom is -0.372 e. The van der Waals surface area contributed by atoms with Gasteiger partial charge in [0, 0.05) is 0 Å². The van der Waals surface area contributed by atoms with Crippen LogP contribution in [0.25, 0.3) is 0 Å². The van der Waals surface area contributed by atoms with Crippen LogP contribution in [0.3, 0.4) is 0 Å². The van der Waals surface area contributed by atoms with Crippen LogP contribution in [0.1, 0.15) is 67.7 Å². The van der Waals surface area contributed by atoms with Crippen LogP contribution in [0.5, 0.6) is 0 Å². The summed E-state index contributed by atoms with van der Waals surface area (Å²) in [4.78, 5) is 0. The van der Waals surface area contributed by atoms with Gasteiger partial charge in [-0.25, -0.2) is 0 Å². The van der Waals surface area contributed by atoms with E-state index < -0.39 is 0 Å². The summed E-state index contributed by atoms with van der Waals surface area (Å²) < 4.78 is 6.54. The molecule has 3 aliphatic rings. The zero-order valence-corrected chi connectivity index (χ0v) is 13.9. The van der Waals surface area contributed by atoms with Gasteiger partial charge in [0.15, 0.2) is 0 Å². The molecule has 0 aromatic heterocycles. The first-order valence-corrected chi connectivity index (χ1v) is 8.25. The molecule has 1 heteroatoms. The van der Waals surface area contributed by atoms with E-state index in [1.807, 2.05) is 0 Å². The van der Waals surface area contributed by atoms with Crippen molar-refractivity contribution in [1.29, 1.82) is 0 Å². The van der Waals surface area contributed by atoms with Gasteiger partial charge in [-0.2, -0.15) is 0 Å². The van der Waals surface area contributed by atoms with E-state index in [0.29, 0.717) is 16.9 Å². The maximum atomic E-state index is 6.54. The lowest BCUT2D eigenvalue weighted by Gasteiger charge is -2.43. The van der Waals surface area contributed by atoms with Crippen molar-refractivity contribution in [3.8, 4) is 0 Å². The van der Waals surface area contributed by atoms with Crippen LogP contribution < -0.4 is 0 Å². The monoisotopic (exact) mass is 264 g/mol. The minimum absolute atomic E-state index is 0.107. The van der Waals surface area contributed by atoms with Crippen LogP contribution in [0.4, 0.5) is 0 Å². The number of fused-ring (bicyclic) bond motifs is 3. The molecule has 19 heavy (non-hydrogen) atoms. The third-order valence-electron chi connectivity index (χ3n) is 7.36. The van der Waals surface area contributed by atoms with E-state index >= 15 is 0 Å². The van der Waals surface area contributed by atoms with Crippen LogP contribution in [-0.4, -0.2) is 11.7 Å². The molecule has 110 valence electrons. The van der Waals surface area contributed by atoms with Crippen LogP contribution in [0.2, 0.25) is 0 Å². The summed E-state index contributed by atoms with van der Waals surface area (Å²) in [6, 6.07) is 0. The molecule has 0 aromatic carbocycles. The highest BCUT2D eigenvalue weighted by Gasteiger charge is 2.64. The third-order valence-corrected chi connectivity index (χ3v) is 7.36. The Kier molecular flexibility index (Phi) is 2.77. The van der Waals surface area contributed by atoms with Gasteiger partial charge >= 0.3 is 0 Å². The second-order valence-corrected chi connectivity index (χ2v) is 9.38. The van der Waals surface area contributed by atoms with Crippen LogP contribution >= 0.6 is 0 Å². The number of hydrogen-bond acceptors (Lipinski definition) is 1. The molecule has 1 saturated heterocycles. The molecule has 2 aliphatic carbocycles. The molecular formula is C18H32O. The number of hydrogen-bond donors (Lipinski definition) is 0. The zero-order chi connectivity index (χ0) is 14.2. The average molecular weight is 264 g/mol. The highest BCUT2D eigenvalue weighted by molar-refractivity contribution is 5.12. The molecule has 0 unspecified atom stereocenters. The molecule has 0 N–H and O–H groups in total. The Morgan fingerprint density at radius 1 is 0.895 bits per heavy atom. The molecular weight excluding hydrogens is 232 g/mol. The minimum atomic E-state index is 0.107. The third kappa shape index (κ3) is 1.76. The van der Waals surface area contributed by atoms with Gasteiger partial charge in [-0.1, -0.05) is 34.6 Å². The van der Waals surface area contributed by atoms with Gasteiger partial charge in [0.25, 0.3) is 0 Å². The standard InChI is InChI=1S/C18H32O/c1-11-17(4,5)13-9-8-12-10-16(2,3)19-15(12)14(13)18(11,6)7/h11-15H,8-10H2,1-7H3/t11-,12+,13-,14-,15+/m1/s1. The van der Waals surface area contributed by atoms with Crippen molar-refractivity contribution in [3.05, 3.63) is 0 Å². The summed E-state index contributed by atoms with van der Waals surface area (Å²) in [7, 11) is 0. The Hall–Kier alpha value is -0.0400. The first-order valence-electron chi connectivity index (χ1n) is 8.25. The van der Waals surface area contributed by atoms with Gasteiger partial charge in [0.05, 0.1) is 11.7 Å². The molecule has 0 radical (unpaired) electrons. The fourth-order valence-corrected chi connectivity index (χ4v) is 6.04. The molecule has 3 fully saturated rings. The molecule has 0 bridgehead atoms. The van der Waals surface area contributed by atoms with E-state index in [1.54, 1.807) is 0 Å². The van der Waals surface area contributed by atoms with Crippen molar-refractivity contribution < 1.29 is 4.74 Å². The Morgan fingerprint density at radius 2 is 1.53 bits per heavy atom. The Balaban J connectivity index is 1.99. The highest BCUT2D eigenvalue weighted by Crippen LogP contribution is 2.67. The average Bonchev–Trinajstić information content (AvgIpc) is 2.65. The lowest BCUT2D eigenvalue weighted by Crippen LogP contribution is -2.42. The molecule has 5 atom stereocenters. The van der Waals surface area contributed by atoms with Crippen LogP contribution in [-0.2, 0) is 4.74 Å². The molecule has 1 nitrogen and oxygen atoms in total. The summed E-state index contributed by atoms with van der Waals surface area (Å²) in [5.74, 6) is 3.21. The summed E-state index contributed by atoms with van der Waals surface area (Å²) in [5.41, 5.74) is 0.990. The van der Waals surface area contributed by atoms with Crippen LogP contribution in [0.15, 0.2) is 0 Å². The second kappa shape index (κ2) is 3.78. The summed E-state index contributed by atoms with van der Waals surface area (Å²) in [5, 5.41) is 0. The smallest absolute Gasteiger partial charge is 0.0647 e. The summed E-state index contributed by atoms with van der Waals surface area (Å²) in [6.07, 6.45) is 4.60. The van der Waals surface area contributed by atoms with Gasteiger partial charge < -0.3 is 4.74 Å². The summed E-state index contributed by atoms with van der Waals surface area (Å²) >= 11 is 0. The normalized spacial score (nSPS) is 49.7. The molecule has 1 aliphatic heterocycles. The van der Waals surface area contributed by atoms with E-state index in [0.717, 1.165) is 23.7 Å². The predicted molar refractivity (Wildman–Crippen MR) is 80.0 cm³/mol. The van der Waals surface area contributed by atoms with Gasteiger partial charge in [-0.05, 0) is 67.6 Å². The lowest BCUT2D eigenvalue weighted by atomic mass is 9.64. The van der Waals surface area contributed by atoms with E-state index in [9.17, 15) is 0 Å². The van der Waals surface area contributed by atoms with Crippen molar-refractivity contribution in [2.24, 2.45) is 34.5 Å². The first-order chi connectivity index (χ1) is 8.57. The molecule has 0 amide bonds. The zero-order valence-electron chi connectivity index (χ0n) is 13.9. The van der Waals surface area contributed by atoms with Gasteiger partial charge in [0.2, 0.25) is 0 Å². The molecule has 0 aromatic rings. The topological polar surface area (TPSA) is 9.23 Å². The Bertz CT molecular complexity index is 379. The van der Waals surface area contributed by atoms with Crippen molar-refractivity contribution in [1.82, 2.24) is 0 Å². The van der Waals surface area contributed by atoms with E-state index in [-0.39, 0.29) is 5.60 Å². The lowest BCUT2D eigenvalue weighted by molar-refractivity contribution is -0.0952. The predicted octanol–water partition coefficient (Wildman–Crippen LogP) is 4.90. The maximum Gasteiger partial charge on any atom is 0.0647 e. The second-order valence-electron chi connectivity index (χ2n) is 9.38. The summed E-state index contributed by atoms with van der Waals surface area (Å²) in [6.45, 7) is 17.1. The number of ether oxygens (including phenoxy) is 1. The Morgan fingerprint density at radius 3 is 2.16 bits per heavy atom. The fourth-order valence-electron chi connectivity index (χ4n) is 6.04. The highest BCUT2D eigenvalue weighted by atomic mass is 16.5. The van der Waals surface area contributed by atoms with Crippen molar-refractivity contribution in [2.45, 2.75) is 79.4 Å². The molecule has 0 spiro atoms. The van der Waals surface area contributed by atoms with Gasteiger partial charge in [0.1, 0.15) is 0 Å². The van der Waals surface area contributed by atoms with E-state index in [4.69, 9.17) is 4.74 Å². The van der Waals surface area contributed by atoms with Gasteiger partial charge in [-0.15, -0.1) is 0 Å². The van der Waals surface area contributed by atoms with Crippen LogP contribution in [0, 0.1) is 34.5 Å². The van der Waals surface area contributed by atoms with Crippen molar-refractivity contribution in [2.75, 3.05) is 0 Å². The largest absolute Gasteiger partial charge is 0.372 e. The fraction of sp³-hybridized carbons (Fsp3) is 1.00. The first kappa shape index (κ1) is 13.9.